The number of ketones is 1. The van der Waals surface area contributed by atoms with Crippen molar-refractivity contribution in [2.45, 2.75) is 25.7 Å². The lowest BCUT2D eigenvalue weighted by atomic mass is 9.84. The number of H-pyrrole nitrogens is 1. The summed E-state index contributed by atoms with van der Waals surface area (Å²) in [6.45, 7) is 2.35. The van der Waals surface area contributed by atoms with Crippen LogP contribution in [0.4, 0.5) is 0 Å². The summed E-state index contributed by atoms with van der Waals surface area (Å²) in [5, 5.41) is 2.02. The summed E-state index contributed by atoms with van der Waals surface area (Å²) < 4.78 is 10.0. The van der Waals surface area contributed by atoms with Crippen molar-refractivity contribution in [3.8, 4) is 0 Å². The second-order valence-corrected chi connectivity index (χ2v) is 6.63. The van der Waals surface area contributed by atoms with Gasteiger partial charge in [-0.15, -0.1) is 11.3 Å². The molecule has 2 aromatic heterocycles. The third-order valence-electron chi connectivity index (χ3n) is 4.16. The molecular weight excluding hydrogens is 314 g/mol. The van der Waals surface area contributed by atoms with Crippen molar-refractivity contribution in [3.63, 3.8) is 0 Å². The van der Waals surface area contributed by atoms with Crippen molar-refractivity contribution in [3.05, 3.63) is 44.9 Å². The molecule has 0 unspecified atom stereocenters. The van der Waals surface area contributed by atoms with E-state index in [-0.39, 0.29) is 18.3 Å². The Morgan fingerprint density at radius 2 is 2.22 bits per heavy atom. The fraction of sp³-hybridized carbons (Fsp3) is 0.412. The number of hydrogen-bond acceptors (Lipinski definition) is 5. The summed E-state index contributed by atoms with van der Waals surface area (Å²) in [4.78, 5) is 29.0. The zero-order valence-corrected chi connectivity index (χ0v) is 14.0. The van der Waals surface area contributed by atoms with Gasteiger partial charge in [-0.05, 0) is 30.4 Å². The van der Waals surface area contributed by atoms with Crippen molar-refractivity contribution in [2.24, 2.45) is 0 Å². The number of carbonyl (C=O) groups excluding carboxylic acids is 2. The van der Waals surface area contributed by atoms with E-state index in [2.05, 4.69) is 11.1 Å². The number of methoxy groups -OCH3 is 1. The molecule has 0 saturated heterocycles. The number of rotatable bonds is 5. The Morgan fingerprint density at radius 1 is 1.39 bits per heavy atom. The highest BCUT2D eigenvalue weighted by Gasteiger charge is 2.32. The van der Waals surface area contributed by atoms with E-state index in [0.717, 1.165) is 12.1 Å². The lowest BCUT2D eigenvalue weighted by Crippen LogP contribution is -2.17. The number of ether oxygens (including phenoxy) is 2. The molecule has 1 aliphatic rings. The van der Waals surface area contributed by atoms with E-state index in [9.17, 15) is 9.59 Å². The summed E-state index contributed by atoms with van der Waals surface area (Å²) in [6, 6.07) is 4.06. The fourth-order valence-corrected chi connectivity index (χ4v) is 3.88. The number of aromatic nitrogens is 1. The highest BCUT2D eigenvalue weighted by atomic mass is 32.1. The van der Waals surface area contributed by atoms with E-state index < -0.39 is 5.97 Å². The molecule has 0 amide bonds. The molecule has 0 fully saturated rings. The Balaban J connectivity index is 1.84. The SMILES string of the molecule is COCCOC(=O)c1[nH]c2c(c1C)C(=O)C[C@H](c1cccs1)C2. The summed E-state index contributed by atoms with van der Waals surface area (Å²) in [5.41, 5.74) is 2.58. The van der Waals surface area contributed by atoms with Crippen LogP contribution in [0.3, 0.4) is 0 Å². The van der Waals surface area contributed by atoms with Crippen LogP contribution >= 0.6 is 11.3 Å². The number of fused-ring (bicyclic) bond motifs is 1. The third-order valence-corrected chi connectivity index (χ3v) is 5.19. The van der Waals surface area contributed by atoms with E-state index in [1.165, 1.54) is 4.88 Å². The van der Waals surface area contributed by atoms with E-state index >= 15 is 0 Å². The molecule has 2 heterocycles. The van der Waals surface area contributed by atoms with Gasteiger partial charge in [-0.3, -0.25) is 4.79 Å². The monoisotopic (exact) mass is 333 g/mol. The molecule has 23 heavy (non-hydrogen) atoms. The van der Waals surface area contributed by atoms with Gasteiger partial charge in [0.15, 0.2) is 5.78 Å². The van der Waals surface area contributed by atoms with Gasteiger partial charge in [-0.2, -0.15) is 0 Å². The van der Waals surface area contributed by atoms with Crippen molar-refractivity contribution in [1.82, 2.24) is 4.98 Å². The first-order valence-corrected chi connectivity index (χ1v) is 8.44. The first kappa shape index (κ1) is 16.0. The van der Waals surface area contributed by atoms with Gasteiger partial charge in [-0.1, -0.05) is 6.07 Å². The molecule has 0 aliphatic heterocycles. The number of esters is 1. The molecule has 3 rings (SSSR count). The number of hydrogen-bond donors (Lipinski definition) is 1. The molecular formula is C17H19NO4S. The van der Waals surface area contributed by atoms with Crippen LogP contribution in [-0.2, 0) is 15.9 Å². The molecule has 0 radical (unpaired) electrons. The average molecular weight is 333 g/mol. The van der Waals surface area contributed by atoms with Gasteiger partial charge >= 0.3 is 5.97 Å². The number of Topliss-reactive ketones (excluding diaryl/α,β-unsaturated/α-hetero) is 1. The molecule has 1 N–H and O–H groups in total. The second-order valence-electron chi connectivity index (χ2n) is 5.65. The van der Waals surface area contributed by atoms with E-state index in [1.807, 2.05) is 11.4 Å². The van der Waals surface area contributed by atoms with Crippen molar-refractivity contribution in [1.29, 1.82) is 0 Å². The Labute approximate surface area is 138 Å². The van der Waals surface area contributed by atoms with Crippen LogP contribution in [0.1, 0.15) is 49.3 Å². The minimum atomic E-state index is -0.436. The fourth-order valence-electron chi connectivity index (χ4n) is 3.05. The number of carbonyl (C=O) groups is 2. The summed E-state index contributed by atoms with van der Waals surface area (Å²) in [6.07, 6.45) is 1.23. The molecule has 1 atom stereocenters. The molecule has 0 bridgehead atoms. The van der Waals surface area contributed by atoms with E-state index in [1.54, 1.807) is 25.4 Å². The van der Waals surface area contributed by atoms with Crippen LogP contribution in [0.25, 0.3) is 0 Å². The molecule has 0 saturated carbocycles. The van der Waals surface area contributed by atoms with Crippen LogP contribution in [0.15, 0.2) is 17.5 Å². The normalized spacial score (nSPS) is 17.1. The van der Waals surface area contributed by atoms with Crippen molar-refractivity contribution < 1.29 is 19.1 Å². The Kier molecular flexibility index (Phi) is 4.63. The topological polar surface area (TPSA) is 68.4 Å². The molecule has 0 spiro atoms. The maximum Gasteiger partial charge on any atom is 0.355 e. The van der Waals surface area contributed by atoms with Gasteiger partial charge in [-0.25, -0.2) is 4.79 Å². The predicted octanol–water partition coefficient (Wildman–Crippen LogP) is 3.10. The predicted molar refractivity (Wildman–Crippen MR) is 87.4 cm³/mol. The highest BCUT2D eigenvalue weighted by molar-refractivity contribution is 7.10. The van der Waals surface area contributed by atoms with Crippen LogP contribution < -0.4 is 0 Å². The van der Waals surface area contributed by atoms with E-state index in [0.29, 0.717) is 29.8 Å². The molecule has 6 heteroatoms. The van der Waals surface area contributed by atoms with Gasteiger partial charge in [0.2, 0.25) is 0 Å². The Bertz CT molecular complexity index is 717. The van der Waals surface area contributed by atoms with E-state index in [4.69, 9.17) is 9.47 Å². The quantitative estimate of drug-likeness (QED) is 0.674. The van der Waals surface area contributed by atoms with Gasteiger partial charge in [0.1, 0.15) is 12.3 Å². The van der Waals surface area contributed by atoms with Crippen LogP contribution in [-0.4, -0.2) is 37.1 Å². The lowest BCUT2D eigenvalue weighted by molar-refractivity contribution is 0.0381. The minimum Gasteiger partial charge on any atom is -0.459 e. The largest absolute Gasteiger partial charge is 0.459 e. The number of aromatic amines is 1. The summed E-state index contributed by atoms with van der Waals surface area (Å²) >= 11 is 1.67. The lowest BCUT2D eigenvalue weighted by Gasteiger charge is -2.20. The smallest absolute Gasteiger partial charge is 0.355 e. The first-order valence-electron chi connectivity index (χ1n) is 7.56. The molecule has 5 nitrogen and oxygen atoms in total. The van der Waals surface area contributed by atoms with Gasteiger partial charge in [0.25, 0.3) is 0 Å². The van der Waals surface area contributed by atoms with Gasteiger partial charge in [0.05, 0.1) is 6.61 Å². The zero-order chi connectivity index (χ0) is 16.4. The highest BCUT2D eigenvalue weighted by Crippen LogP contribution is 2.36. The van der Waals surface area contributed by atoms with Gasteiger partial charge in [0, 0.05) is 35.6 Å². The Hall–Kier alpha value is -1.92. The summed E-state index contributed by atoms with van der Waals surface area (Å²) in [5.74, 6) is -0.158. The first-order chi connectivity index (χ1) is 11.1. The standard InChI is InChI=1S/C17H19NO4S/c1-10-15-12(18-16(10)17(20)22-6-5-21-2)8-11(9-13(15)19)14-4-3-7-23-14/h3-4,7,11,18H,5-6,8-9H2,1-2H3/t11-/m1/s1. The molecule has 0 aromatic carbocycles. The third kappa shape index (κ3) is 3.09. The maximum absolute atomic E-state index is 12.5. The minimum absolute atomic E-state index is 0.0920. The molecule has 1 aliphatic carbocycles. The van der Waals surface area contributed by atoms with Crippen molar-refractivity contribution in [2.75, 3.05) is 20.3 Å². The molecule has 2 aromatic rings. The van der Waals surface area contributed by atoms with Gasteiger partial charge < -0.3 is 14.5 Å². The van der Waals surface area contributed by atoms with Crippen LogP contribution in [0.2, 0.25) is 0 Å². The van der Waals surface area contributed by atoms with Crippen LogP contribution in [0.5, 0.6) is 0 Å². The number of thiophene rings is 1. The maximum atomic E-state index is 12.5. The zero-order valence-electron chi connectivity index (χ0n) is 13.2. The second kappa shape index (κ2) is 6.68. The van der Waals surface area contributed by atoms with Crippen molar-refractivity contribution >= 4 is 23.1 Å². The number of nitrogens with one attached hydrogen (secondary N) is 1. The van der Waals surface area contributed by atoms with Crippen LogP contribution in [0, 0.1) is 6.92 Å². The summed E-state index contributed by atoms with van der Waals surface area (Å²) in [7, 11) is 1.55. The molecule has 122 valence electrons. The average Bonchev–Trinajstić information content (AvgIpc) is 3.15. The Morgan fingerprint density at radius 3 is 2.91 bits per heavy atom.